The summed E-state index contributed by atoms with van der Waals surface area (Å²) in [6.45, 7) is 1.90. The Morgan fingerprint density at radius 3 is 2.71 bits per heavy atom. The lowest BCUT2D eigenvalue weighted by atomic mass is 10.0. The molecule has 0 saturated carbocycles. The van der Waals surface area contributed by atoms with Crippen molar-refractivity contribution in [2.45, 2.75) is 13.0 Å². The number of nitrogens with two attached hydrogens (primary N) is 1. The van der Waals surface area contributed by atoms with Gasteiger partial charge in [-0.15, -0.1) is 12.4 Å². The molecule has 3 rings (SSSR count). The molecule has 0 aromatic carbocycles. The van der Waals surface area contributed by atoms with Crippen molar-refractivity contribution in [3.63, 3.8) is 0 Å². The predicted octanol–water partition coefficient (Wildman–Crippen LogP) is 2.78. The Morgan fingerprint density at radius 2 is 2.05 bits per heavy atom. The van der Waals surface area contributed by atoms with Crippen molar-refractivity contribution >= 4 is 23.4 Å². The normalized spacial score (nSPS) is 12.1. The molecule has 110 valence electrons. The smallest absolute Gasteiger partial charge is 0.211 e. The topological polar surface area (TPSA) is 77.0 Å². The van der Waals surface area contributed by atoms with Crippen molar-refractivity contribution in [3.8, 4) is 17.0 Å². The van der Waals surface area contributed by atoms with Crippen LogP contribution in [0.2, 0.25) is 0 Å². The van der Waals surface area contributed by atoms with Crippen molar-refractivity contribution in [3.05, 3.63) is 42.4 Å². The average molecular weight is 305 g/mol. The monoisotopic (exact) mass is 304 g/mol. The first-order chi connectivity index (χ1) is 9.56. The van der Waals surface area contributed by atoms with Crippen molar-refractivity contribution in [1.82, 2.24) is 14.5 Å². The number of rotatable bonds is 2. The summed E-state index contributed by atoms with van der Waals surface area (Å²) in [6, 6.07) is 7.30. The summed E-state index contributed by atoms with van der Waals surface area (Å²) in [4.78, 5) is 8.46. The number of fused-ring (bicyclic) bond motifs is 1. The second kappa shape index (κ2) is 5.71. The fraction of sp³-hybridized carbons (Fsp3) is 0.200. The number of halogens is 1. The molecule has 0 aliphatic heterocycles. The number of aryl methyl sites for hydroxylation is 1. The lowest BCUT2D eigenvalue weighted by molar-refractivity contribution is 0.454. The highest BCUT2D eigenvalue weighted by atomic mass is 35.5. The molecule has 0 aliphatic carbocycles. The van der Waals surface area contributed by atoms with Crippen LogP contribution in [0, 0.1) is 0 Å². The van der Waals surface area contributed by atoms with Crippen LogP contribution in [-0.4, -0.2) is 19.6 Å². The summed E-state index contributed by atoms with van der Waals surface area (Å²) in [5.41, 5.74) is 10.6. The molecule has 3 heterocycles. The zero-order chi connectivity index (χ0) is 14.3. The predicted molar refractivity (Wildman–Crippen MR) is 85.5 cm³/mol. The molecule has 0 unspecified atom stereocenters. The maximum atomic E-state index is 9.56. The van der Waals surface area contributed by atoms with E-state index >= 15 is 0 Å². The van der Waals surface area contributed by atoms with Crippen LogP contribution in [-0.2, 0) is 7.05 Å². The maximum absolute atomic E-state index is 9.56. The number of pyridine rings is 2. The van der Waals surface area contributed by atoms with E-state index in [-0.39, 0.29) is 24.3 Å². The summed E-state index contributed by atoms with van der Waals surface area (Å²) >= 11 is 0. The molecule has 0 fully saturated rings. The van der Waals surface area contributed by atoms with E-state index in [1.165, 1.54) is 0 Å². The number of hydrogen-bond acceptors (Lipinski definition) is 4. The van der Waals surface area contributed by atoms with Gasteiger partial charge in [-0.3, -0.25) is 0 Å². The molecule has 21 heavy (non-hydrogen) atoms. The zero-order valence-electron chi connectivity index (χ0n) is 11.8. The van der Waals surface area contributed by atoms with E-state index in [1.54, 1.807) is 12.3 Å². The van der Waals surface area contributed by atoms with Gasteiger partial charge in [-0.25, -0.2) is 9.97 Å². The second-order valence-electron chi connectivity index (χ2n) is 4.94. The van der Waals surface area contributed by atoms with E-state index in [9.17, 15) is 5.11 Å². The van der Waals surface area contributed by atoms with Crippen LogP contribution in [0.3, 0.4) is 0 Å². The standard InChI is InChI=1S/C15H16N4O.ClH/c1-9(16)15-11(10-3-5-17-14(20)7-10)8-13-12(18-15)4-6-19(13)2;/h3-9H,16H2,1-2H3,(H,17,20);1H/t9-;/m0./s1. The van der Waals surface area contributed by atoms with Crippen LogP contribution >= 0.6 is 12.4 Å². The number of nitrogens with zero attached hydrogens (tertiary/aromatic N) is 3. The first-order valence-electron chi connectivity index (χ1n) is 6.43. The van der Waals surface area contributed by atoms with E-state index in [0.717, 1.165) is 27.9 Å². The molecular weight excluding hydrogens is 288 g/mol. The molecule has 0 amide bonds. The van der Waals surface area contributed by atoms with Crippen LogP contribution in [0.25, 0.3) is 22.2 Å². The first-order valence-corrected chi connectivity index (χ1v) is 6.43. The molecular formula is C15H17ClN4O. The minimum Gasteiger partial charge on any atom is -0.493 e. The van der Waals surface area contributed by atoms with E-state index in [4.69, 9.17) is 5.73 Å². The summed E-state index contributed by atoms with van der Waals surface area (Å²) in [6.07, 6.45) is 3.54. The van der Waals surface area contributed by atoms with Crippen LogP contribution in [0.5, 0.6) is 5.88 Å². The summed E-state index contributed by atoms with van der Waals surface area (Å²) in [5, 5.41) is 9.56. The third-order valence-electron chi connectivity index (χ3n) is 3.38. The minimum atomic E-state index is -0.190. The third kappa shape index (κ3) is 2.70. The Morgan fingerprint density at radius 1 is 1.29 bits per heavy atom. The summed E-state index contributed by atoms with van der Waals surface area (Å²) in [5.74, 6) is -0.00916. The number of aromatic nitrogens is 3. The van der Waals surface area contributed by atoms with Gasteiger partial charge in [0.05, 0.1) is 16.7 Å². The lowest BCUT2D eigenvalue weighted by Crippen LogP contribution is -2.09. The second-order valence-corrected chi connectivity index (χ2v) is 4.94. The molecule has 5 nitrogen and oxygen atoms in total. The van der Waals surface area contributed by atoms with Crippen LogP contribution in [0.4, 0.5) is 0 Å². The van der Waals surface area contributed by atoms with Gasteiger partial charge in [0.1, 0.15) is 0 Å². The van der Waals surface area contributed by atoms with E-state index in [2.05, 4.69) is 16.0 Å². The Balaban J connectivity index is 0.00000161. The highest BCUT2D eigenvalue weighted by Crippen LogP contribution is 2.30. The van der Waals surface area contributed by atoms with Gasteiger partial charge < -0.3 is 15.4 Å². The summed E-state index contributed by atoms with van der Waals surface area (Å²) < 4.78 is 2.01. The Labute approximate surface area is 128 Å². The molecule has 3 aromatic rings. The van der Waals surface area contributed by atoms with Gasteiger partial charge in [0, 0.05) is 37.1 Å². The molecule has 0 bridgehead atoms. The molecule has 0 saturated heterocycles. The van der Waals surface area contributed by atoms with Gasteiger partial charge in [-0.2, -0.15) is 0 Å². The zero-order valence-corrected chi connectivity index (χ0v) is 12.6. The van der Waals surface area contributed by atoms with E-state index in [0.29, 0.717) is 0 Å². The SMILES string of the molecule is C[C@H](N)c1nc2ccn(C)c2cc1-c1ccnc(O)c1.Cl. The Kier molecular flexibility index (Phi) is 4.16. The lowest BCUT2D eigenvalue weighted by Gasteiger charge is -2.13. The van der Waals surface area contributed by atoms with Gasteiger partial charge in [0.2, 0.25) is 5.88 Å². The first kappa shape index (κ1) is 15.3. The Hall–Kier alpha value is -2.11. The third-order valence-corrected chi connectivity index (χ3v) is 3.38. The summed E-state index contributed by atoms with van der Waals surface area (Å²) in [7, 11) is 1.98. The van der Waals surface area contributed by atoms with Gasteiger partial charge in [0.15, 0.2) is 0 Å². The van der Waals surface area contributed by atoms with Crippen LogP contribution < -0.4 is 5.73 Å². The van der Waals surface area contributed by atoms with Gasteiger partial charge >= 0.3 is 0 Å². The quantitative estimate of drug-likeness (QED) is 0.763. The highest BCUT2D eigenvalue weighted by molar-refractivity contribution is 5.85. The van der Waals surface area contributed by atoms with Crippen molar-refractivity contribution in [2.24, 2.45) is 12.8 Å². The average Bonchev–Trinajstić information content (AvgIpc) is 2.78. The minimum absolute atomic E-state index is 0. The van der Waals surface area contributed by atoms with Crippen LogP contribution in [0.15, 0.2) is 36.7 Å². The highest BCUT2D eigenvalue weighted by Gasteiger charge is 2.14. The molecule has 6 heteroatoms. The Bertz CT molecular complexity index is 782. The van der Waals surface area contributed by atoms with Crippen molar-refractivity contribution in [1.29, 1.82) is 0 Å². The molecule has 1 atom stereocenters. The van der Waals surface area contributed by atoms with Crippen molar-refractivity contribution in [2.75, 3.05) is 0 Å². The van der Waals surface area contributed by atoms with E-state index in [1.807, 2.05) is 36.9 Å². The molecule has 0 spiro atoms. The van der Waals surface area contributed by atoms with Gasteiger partial charge in [-0.05, 0) is 30.7 Å². The molecule has 3 N–H and O–H groups in total. The molecule has 3 aromatic heterocycles. The largest absolute Gasteiger partial charge is 0.493 e. The fourth-order valence-corrected chi connectivity index (χ4v) is 2.36. The van der Waals surface area contributed by atoms with Gasteiger partial charge in [-0.1, -0.05) is 0 Å². The molecule has 0 radical (unpaired) electrons. The number of aromatic hydroxyl groups is 1. The van der Waals surface area contributed by atoms with Gasteiger partial charge in [0.25, 0.3) is 0 Å². The van der Waals surface area contributed by atoms with Crippen LogP contribution in [0.1, 0.15) is 18.7 Å². The van der Waals surface area contributed by atoms with E-state index < -0.39 is 0 Å². The fourth-order valence-electron chi connectivity index (χ4n) is 2.36. The molecule has 0 aliphatic rings. The van der Waals surface area contributed by atoms with Crippen molar-refractivity contribution < 1.29 is 5.11 Å². The maximum Gasteiger partial charge on any atom is 0.211 e. The number of hydrogen-bond donors (Lipinski definition) is 2.